The molecule has 5 heteroatoms. The summed E-state index contributed by atoms with van der Waals surface area (Å²) in [4.78, 5) is 13.7. The average molecular weight is 582 g/mol. The minimum Gasteiger partial charge on any atom is -0.307 e. The van der Waals surface area contributed by atoms with Crippen LogP contribution < -0.4 is 0 Å². The molecule has 0 N–H and O–H groups in total. The molecule has 0 aliphatic heterocycles. The number of rotatable bonds is 4. The van der Waals surface area contributed by atoms with E-state index >= 15 is 0 Å². The number of hydrogen-bond acceptors (Lipinski definition) is 3. The molecule has 0 saturated heterocycles. The van der Waals surface area contributed by atoms with Gasteiger partial charge in [-0.3, -0.25) is 9.55 Å². The van der Waals surface area contributed by atoms with Crippen LogP contribution in [-0.4, -0.2) is 24.1 Å². The molecule has 0 aliphatic carbocycles. The van der Waals surface area contributed by atoms with Gasteiger partial charge in [-0.1, -0.05) is 96.7 Å². The Balaban J connectivity index is 1.52. The van der Waals surface area contributed by atoms with Gasteiger partial charge >= 0.3 is 0 Å². The first-order valence-electron chi connectivity index (χ1n) is 22.2. The smallest absolute Gasteiger partial charge is 0.164 e. The Kier molecular flexibility index (Phi) is 2.80. The monoisotopic (exact) mass is 581 g/mol. The molecule has 9 aromatic rings. The summed E-state index contributed by atoms with van der Waals surface area (Å²) < 4.78 is 160. The number of para-hydroxylation sites is 4. The molecule has 5 aromatic carbocycles. The van der Waals surface area contributed by atoms with Crippen molar-refractivity contribution in [3.8, 4) is 34.2 Å². The van der Waals surface area contributed by atoms with Crippen molar-refractivity contribution in [3.63, 3.8) is 0 Å². The van der Waals surface area contributed by atoms with E-state index in [4.69, 9.17) is 28.3 Å². The van der Waals surface area contributed by atoms with Gasteiger partial charge in [-0.05, 0) is 36.3 Å². The molecule has 0 bridgehead atoms. The number of aromatic nitrogens is 5. The van der Waals surface area contributed by atoms with Crippen LogP contribution >= 0.6 is 0 Å². The summed E-state index contributed by atoms with van der Waals surface area (Å²) in [6, 6.07) is -4.03. The van der Waals surface area contributed by atoms with Crippen LogP contribution in [0.3, 0.4) is 0 Å². The predicted molar refractivity (Wildman–Crippen MR) is 179 cm³/mol. The second-order valence-electron chi connectivity index (χ2n) is 9.60. The Labute approximate surface area is 278 Å². The van der Waals surface area contributed by atoms with Crippen molar-refractivity contribution >= 4 is 43.6 Å². The molecule has 0 radical (unpaired) electrons. The maximum absolute atomic E-state index is 9.64. The molecule has 4 heterocycles. The van der Waals surface area contributed by atoms with Gasteiger partial charge in [-0.15, -0.1) is 0 Å². The van der Waals surface area contributed by atoms with Gasteiger partial charge in [0.15, 0.2) is 5.82 Å². The summed E-state index contributed by atoms with van der Waals surface area (Å²) in [5.41, 5.74) is -1.26. The average Bonchev–Trinajstić information content (AvgIpc) is 3.81. The number of fused-ring (bicyclic) bond motifs is 6. The minimum absolute atomic E-state index is 0.0454. The molecular weight excluding hydrogens is 538 g/mol. The molecule has 0 amide bonds. The Morgan fingerprint density at radius 2 is 1.16 bits per heavy atom. The van der Waals surface area contributed by atoms with E-state index in [1.807, 2.05) is 0 Å². The quantitative estimate of drug-likeness (QED) is 0.208. The summed E-state index contributed by atoms with van der Waals surface area (Å²) in [7, 11) is 0. The van der Waals surface area contributed by atoms with E-state index in [9.17, 15) is 1.37 Å². The summed E-state index contributed by atoms with van der Waals surface area (Å²) >= 11 is 0. The Morgan fingerprint density at radius 3 is 1.89 bits per heavy atom. The number of hydrogen-bond donors (Lipinski definition) is 0. The van der Waals surface area contributed by atoms with Gasteiger partial charge in [0.2, 0.25) is 0 Å². The highest BCUT2D eigenvalue weighted by Crippen LogP contribution is 2.37. The van der Waals surface area contributed by atoms with Gasteiger partial charge in [0.1, 0.15) is 5.82 Å². The van der Waals surface area contributed by atoms with Gasteiger partial charge in [0.25, 0.3) is 0 Å². The van der Waals surface area contributed by atoms with E-state index in [1.165, 1.54) is 23.0 Å². The molecule has 9 rings (SSSR count). The molecule has 44 heavy (non-hydrogen) atoms. The zero-order valence-corrected chi connectivity index (χ0v) is 22.3. The van der Waals surface area contributed by atoms with Gasteiger partial charge in [0, 0.05) is 44.9 Å². The number of benzene rings is 5. The lowest BCUT2D eigenvalue weighted by Crippen LogP contribution is -2.04. The summed E-state index contributed by atoms with van der Waals surface area (Å²) in [6.45, 7) is 0. The molecule has 0 unspecified atom stereocenters. The highest BCUT2D eigenvalue weighted by molar-refractivity contribution is 6.10. The van der Waals surface area contributed by atoms with Gasteiger partial charge in [0.05, 0.1) is 64.3 Å². The number of pyridine rings is 1. The largest absolute Gasteiger partial charge is 0.307 e. The first-order valence-corrected chi connectivity index (χ1v) is 13.2. The first-order chi connectivity index (χ1) is 29.3. The molecular formula is C39H25N5. The molecule has 0 atom stereocenters. The van der Waals surface area contributed by atoms with E-state index in [1.54, 1.807) is 24.3 Å². The van der Waals surface area contributed by atoms with E-state index < -0.39 is 131 Å². The van der Waals surface area contributed by atoms with Crippen LogP contribution in [0.15, 0.2) is 151 Å². The standard InChI is InChI=1S/C39H25N5/c1-2-12-26(13-3-1)32-24-38(44-34-19-9-5-14-27(34)28-15-6-10-20-35(28)44)42-39(41-32)31-17-7-11-21-36(31)43-33-18-8-4-16-29(33)30-22-23-40-25-37(30)43/h1-25H/i1D,2D,3D,4D,5D,6D,8D,9D,10D,12D,13D,14D,15D,16D,18D,19D,20D,24D. The summed E-state index contributed by atoms with van der Waals surface area (Å²) in [5.74, 6) is -0.891. The second kappa shape index (κ2) is 9.75. The fourth-order valence-electron chi connectivity index (χ4n) is 5.41. The van der Waals surface area contributed by atoms with Gasteiger partial charge < -0.3 is 4.57 Å². The van der Waals surface area contributed by atoms with Crippen molar-refractivity contribution < 1.29 is 24.7 Å². The van der Waals surface area contributed by atoms with Crippen LogP contribution in [0.25, 0.3) is 77.8 Å². The van der Waals surface area contributed by atoms with Crippen molar-refractivity contribution in [2.24, 2.45) is 0 Å². The van der Waals surface area contributed by atoms with Crippen molar-refractivity contribution in [3.05, 3.63) is 151 Å². The molecule has 0 saturated carbocycles. The van der Waals surface area contributed by atoms with Crippen LogP contribution in [0.5, 0.6) is 0 Å². The van der Waals surface area contributed by atoms with Gasteiger partial charge in [-0.25, -0.2) is 9.97 Å². The van der Waals surface area contributed by atoms with Crippen molar-refractivity contribution in [1.82, 2.24) is 24.1 Å². The third-order valence-electron chi connectivity index (χ3n) is 7.23. The fraction of sp³-hybridized carbons (Fsp3) is 0. The topological polar surface area (TPSA) is 48.5 Å². The fourth-order valence-corrected chi connectivity index (χ4v) is 5.41. The molecule has 4 aromatic heterocycles. The lowest BCUT2D eigenvalue weighted by molar-refractivity contribution is 1.04. The van der Waals surface area contributed by atoms with Crippen molar-refractivity contribution in [2.75, 3.05) is 0 Å². The van der Waals surface area contributed by atoms with Crippen LogP contribution in [0.1, 0.15) is 24.7 Å². The Morgan fingerprint density at radius 1 is 0.545 bits per heavy atom. The van der Waals surface area contributed by atoms with Crippen LogP contribution in [0.4, 0.5) is 0 Å². The SMILES string of the molecule is [2H]c1c(-c2c([2H])c([2H])c([2H])c([2H])c2[2H])nc(-c2ccccc2-n2c3cnccc3c3c([2H])c([2H])c([2H])c([2H])c32)nc1-n1c2c([2H])c([2H])c([2H])c([2H])c2c2c([2H])c([2H])c([2H])c([2H])c21. The maximum atomic E-state index is 9.64. The number of nitrogens with zero attached hydrogens (tertiary/aromatic N) is 5. The normalized spacial score (nSPS) is 17.4. The second-order valence-corrected chi connectivity index (χ2v) is 9.60. The highest BCUT2D eigenvalue weighted by Gasteiger charge is 2.20. The maximum Gasteiger partial charge on any atom is 0.164 e. The first kappa shape index (κ1) is 12.7. The van der Waals surface area contributed by atoms with Crippen molar-refractivity contribution in [1.29, 1.82) is 0 Å². The molecule has 0 spiro atoms. The summed E-state index contributed by atoms with van der Waals surface area (Å²) in [6.07, 6.45) is 2.91. The van der Waals surface area contributed by atoms with E-state index in [0.29, 0.717) is 10.9 Å². The highest BCUT2D eigenvalue weighted by atomic mass is 15.1. The van der Waals surface area contributed by atoms with Gasteiger partial charge in [-0.2, -0.15) is 0 Å². The lowest BCUT2D eigenvalue weighted by Gasteiger charge is -2.15. The third-order valence-corrected chi connectivity index (χ3v) is 7.23. The third kappa shape index (κ3) is 3.69. The minimum atomic E-state index is -0.769. The van der Waals surface area contributed by atoms with Crippen LogP contribution in [0, 0.1) is 0 Å². The lowest BCUT2D eigenvalue weighted by atomic mass is 10.1. The van der Waals surface area contributed by atoms with Crippen LogP contribution in [0.2, 0.25) is 0 Å². The molecule has 206 valence electrons. The van der Waals surface area contributed by atoms with E-state index in [2.05, 4.69) is 9.97 Å². The molecule has 0 aliphatic rings. The summed E-state index contributed by atoms with van der Waals surface area (Å²) in [5, 5.41) is -0.0727. The van der Waals surface area contributed by atoms with Crippen molar-refractivity contribution in [2.45, 2.75) is 0 Å². The van der Waals surface area contributed by atoms with E-state index in [0.717, 1.165) is 4.57 Å². The zero-order valence-electron chi connectivity index (χ0n) is 40.3. The Hall–Kier alpha value is -6.07. The zero-order chi connectivity index (χ0) is 44.7. The predicted octanol–water partition coefficient (Wildman–Crippen LogP) is 9.40. The van der Waals surface area contributed by atoms with E-state index in [-0.39, 0.29) is 44.8 Å². The Bertz CT molecular complexity index is 3420. The molecule has 0 fully saturated rings. The molecule has 5 nitrogen and oxygen atoms in total. The van der Waals surface area contributed by atoms with Crippen LogP contribution in [-0.2, 0) is 0 Å².